The van der Waals surface area contributed by atoms with Gasteiger partial charge in [-0.25, -0.2) is 0 Å². The first-order valence-electron chi connectivity index (χ1n) is 12.3. The molecule has 0 fully saturated rings. The van der Waals surface area contributed by atoms with Crippen LogP contribution in [0.4, 0.5) is 13.2 Å². The van der Waals surface area contributed by atoms with Crippen molar-refractivity contribution in [3.63, 3.8) is 0 Å². The van der Waals surface area contributed by atoms with Crippen molar-refractivity contribution in [1.29, 1.82) is 0 Å². The lowest BCUT2D eigenvalue weighted by Crippen LogP contribution is -2.51. The average molecular weight is 563 g/mol. The van der Waals surface area contributed by atoms with Crippen LogP contribution in [0, 0.1) is 11.3 Å². The molecule has 0 aromatic heterocycles. The minimum atomic E-state index is -4.34. The molecule has 10 nitrogen and oxygen atoms in total. The molecule has 0 aromatic rings. The van der Waals surface area contributed by atoms with Crippen molar-refractivity contribution < 1.29 is 22.7 Å². The van der Waals surface area contributed by atoms with Crippen LogP contribution < -0.4 is 43.0 Å². The Labute approximate surface area is 226 Å². The van der Waals surface area contributed by atoms with Gasteiger partial charge in [0.1, 0.15) is 24.7 Å². The molecule has 9 N–H and O–H groups in total. The molecular formula is C24H41F3N8O2S. The van der Waals surface area contributed by atoms with Crippen LogP contribution in [0.2, 0.25) is 0 Å². The number of alkyl halides is 3. The zero-order valence-corrected chi connectivity index (χ0v) is 23.3. The minimum Gasteiger partial charge on any atom is -0.472 e. The number of nitrogens with two attached hydrogens (primary N) is 1. The van der Waals surface area contributed by atoms with E-state index in [-0.39, 0.29) is 23.1 Å². The molecule has 2 aliphatic rings. The monoisotopic (exact) mass is 562 g/mol. The second-order valence-corrected chi connectivity index (χ2v) is 10.5. The molecule has 3 unspecified atom stereocenters. The lowest BCUT2D eigenvalue weighted by molar-refractivity contribution is -0.123. The van der Waals surface area contributed by atoms with Gasteiger partial charge in [0, 0.05) is 31.9 Å². The van der Waals surface area contributed by atoms with Crippen molar-refractivity contribution in [2.24, 2.45) is 17.1 Å². The highest BCUT2D eigenvalue weighted by Crippen LogP contribution is 2.27. The molecule has 216 valence electrons. The number of amides is 1. The lowest BCUT2D eigenvalue weighted by Gasteiger charge is -2.34. The van der Waals surface area contributed by atoms with Crippen molar-refractivity contribution in [2.45, 2.75) is 32.4 Å². The summed E-state index contributed by atoms with van der Waals surface area (Å²) in [5, 5.41) is 20.7. The van der Waals surface area contributed by atoms with Crippen molar-refractivity contribution in [3.8, 4) is 0 Å². The normalized spacial score (nSPS) is 19.7. The van der Waals surface area contributed by atoms with Gasteiger partial charge in [0.25, 0.3) is 5.91 Å². The Bertz CT molecular complexity index is 921. The Morgan fingerprint density at radius 1 is 1.34 bits per heavy atom. The van der Waals surface area contributed by atoms with E-state index in [9.17, 15) is 18.0 Å². The molecular weight excluding hydrogens is 521 g/mol. The molecule has 0 bridgehead atoms. The predicted octanol–water partition coefficient (Wildman–Crippen LogP) is 0.573. The average Bonchev–Trinajstić information content (AvgIpc) is 3.37. The maximum absolute atomic E-state index is 13.1. The van der Waals surface area contributed by atoms with Crippen LogP contribution >= 0.6 is 11.8 Å². The Balaban J connectivity index is 2.00. The van der Waals surface area contributed by atoms with Gasteiger partial charge in [0.05, 0.1) is 11.5 Å². The summed E-state index contributed by atoms with van der Waals surface area (Å²) < 4.78 is 43.2. The number of hydrogen-bond acceptors (Lipinski definition) is 10. The molecule has 2 heterocycles. The van der Waals surface area contributed by atoms with E-state index < -0.39 is 24.9 Å². The van der Waals surface area contributed by atoms with Crippen molar-refractivity contribution in [2.75, 3.05) is 52.3 Å². The number of halogens is 3. The molecule has 3 atom stereocenters. The third kappa shape index (κ3) is 9.64. The Hall–Kier alpha value is -2.55. The number of carbonyl (C=O) groups excluding carboxylic acids is 1. The van der Waals surface area contributed by atoms with Crippen molar-refractivity contribution in [1.82, 2.24) is 37.2 Å². The highest BCUT2D eigenvalue weighted by atomic mass is 32.2. The zero-order chi connectivity index (χ0) is 28.3. The van der Waals surface area contributed by atoms with E-state index in [1.165, 1.54) is 12.3 Å². The van der Waals surface area contributed by atoms with Gasteiger partial charge in [0.15, 0.2) is 6.23 Å². The fraction of sp³-hybridized carbons (Fsp3) is 0.625. The molecule has 0 saturated carbocycles. The van der Waals surface area contributed by atoms with Crippen molar-refractivity contribution in [3.05, 3.63) is 47.4 Å². The lowest BCUT2D eigenvalue weighted by atomic mass is 9.80. The number of nitrogens with one attached hydrogen (secondary N) is 7. The summed E-state index contributed by atoms with van der Waals surface area (Å²) in [6, 6.07) is 0. The third-order valence-corrected chi connectivity index (χ3v) is 7.04. The maximum atomic E-state index is 13.1. The number of thioether (sulfide) groups is 1. The SMILES string of the molecule is CN/C=C(/NC(=O)C1=COC(C2=CCNC(NCC(F)(F)F)=C2)N1)C(NC)NCC(CSC)C(C)(C)CN. The van der Waals surface area contributed by atoms with Gasteiger partial charge in [-0.2, -0.15) is 24.9 Å². The number of rotatable bonds is 15. The molecule has 14 heteroatoms. The second-order valence-electron chi connectivity index (χ2n) is 9.62. The van der Waals surface area contributed by atoms with Gasteiger partial charge >= 0.3 is 6.18 Å². The fourth-order valence-electron chi connectivity index (χ4n) is 3.78. The third-order valence-electron chi connectivity index (χ3n) is 6.30. The predicted molar refractivity (Wildman–Crippen MR) is 145 cm³/mol. The summed E-state index contributed by atoms with van der Waals surface area (Å²) in [4.78, 5) is 13.1. The van der Waals surface area contributed by atoms with Gasteiger partial charge in [-0.15, -0.1) is 0 Å². The summed E-state index contributed by atoms with van der Waals surface area (Å²) >= 11 is 1.76. The highest BCUT2D eigenvalue weighted by molar-refractivity contribution is 7.98. The number of likely N-dealkylation sites (N-methyl/N-ethyl adjacent to an activating group) is 1. The van der Waals surface area contributed by atoms with E-state index >= 15 is 0 Å². The fourth-order valence-corrected chi connectivity index (χ4v) is 4.75. The molecule has 0 aromatic carbocycles. The summed E-state index contributed by atoms with van der Waals surface area (Å²) in [5.41, 5.74) is 7.30. The van der Waals surface area contributed by atoms with Crippen LogP contribution in [0.5, 0.6) is 0 Å². The van der Waals surface area contributed by atoms with Gasteiger partial charge < -0.3 is 37.1 Å². The Morgan fingerprint density at radius 2 is 2.08 bits per heavy atom. The first-order valence-corrected chi connectivity index (χ1v) is 13.7. The van der Waals surface area contributed by atoms with Gasteiger partial charge in [-0.1, -0.05) is 19.9 Å². The first-order chi connectivity index (χ1) is 17.9. The van der Waals surface area contributed by atoms with E-state index in [1.54, 1.807) is 38.1 Å². The quantitative estimate of drug-likeness (QED) is 0.134. The standard InChI is InChI=1S/C24H41F3N8O2S/c1-23(2,13-28)16(12-38-5)9-32-20(30-4)17(10-29-3)34-21(36)18-11-37-22(35-18)15-6-7-31-19(8-15)33-14-24(25,26)27/h6,8,10-11,16,20,22,29-33,35H,7,9,12-14,28H2,1-5H3,(H,34,36)/b17-10+. The van der Waals surface area contributed by atoms with E-state index in [1.807, 2.05) is 0 Å². The van der Waals surface area contributed by atoms with E-state index in [0.717, 1.165) is 5.75 Å². The van der Waals surface area contributed by atoms with E-state index in [2.05, 4.69) is 57.3 Å². The number of hydrogen-bond donors (Lipinski definition) is 8. The van der Waals surface area contributed by atoms with Gasteiger partial charge in [0.2, 0.25) is 0 Å². The molecule has 2 aliphatic heterocycles. The van der Waals surface area contributed by atoms with Crippen LogP contribution in [-0.2, 0) is 9.53 Å². The maximum Gasteiger partial charge on any atom is 0.405 e. The van der Waals surface area contributed by atoms with Gasteiger partial charge in [-0.3, -0.25) is 15.4 Å². The van der Waals surface area contributed by atoms with Crippen LogP contribution in [0.3, 0.4) is 0 Å². The molecule has 0 saturated heterocycles. The first kappa shape index (κ1) is 31.7. The molecule has 1 amide bonds. The highest BCUT2D eigenvalue weighted by Gasteiger charge is 2.31. The molecule has 0 radical (unpaired) electrons. The van der Waals surface area contributed by atoms with Crippen LogP contribution in [-0.4, -0.2) is 76.8 Å². The largest absolute Gasteiger partial charge is 0.472 e. The Morgan fingerprint density at radius 3 is 2.68 bits per heavy atom. The molecule has 0 spiro atoms. The van der Waals surface area contributed by atoms with Crippen LogP contribution in [0.1, 0.15) is 13.8 Å². The minimum absolute atomic E-state index is 0.0603. The smallest absolute Gasteiger partial charge is 0.405 e. The molecule has 0 aliphatic carbocycles. The number of dihydropyridines is 1. The summed E-state index contributed by atoms with van der Waals surface area (Å²) in [6.07, 6.45) is 2.93. The van der Waals surface area contributed by atoms with E-state index in [0.29, 0.717) is 36.8 Å². The summed E-state index contributed by atoms with van der Waals surface area (Å²) in [7, 11) is 3.52. The molecule has 38 heavy (non-hydrogen) atoms. The summed E-state index contributed by atoms with van der Waals surface area (Å²) in [5.74, 6) is 1.05. The number of carbonyl (C=O) groups is 1. The topological polar surface area (TPSA) is 137 Å². The Kier molecular flexibility index (Phi) is 12.1. The number of ether oxygens (including phenoxy) is 1. The van der Waals surface area contributed by atoms with Crippen molar-refractivity contribution >= 4 is 17.7 Å². The second kappa shape index (κ2) is 14.6. The zero-order valence-electron chi connectivity index (χ0n) is 22.5. The molecule has 2 rings (SSSR count). The van der Waals surface area contributed by atoms with E-state index in [4.69, 9.17) is 10.5 Å². The summed E-state index contributed by atoms with van der Waals surface area (Å²) in [6.45, 7) is 4.69. The van der Waals surface area contributed by atoms with Crippen LogP contribution in [0.15, 0.2) is 47.4 Å². The van der Waals surface area contributed by atoms with Gasteiger partial charge in [-0.05, 0) is 43.0 Å². The van der Waals surface area contributed by atoms with Crippen LogP contribution in [0.25, 0.3) is 0 Å².